The molecule has 2 aromatic carbocycles. The molecule has 0 fully saturated rings. The zero-order chi connectivity index (χ0) is 16.5. The zero-order valence-corrected chi connectivity index (χ0v) is 13.7. The minimum absolute atomic E-state index is 0.451. The van der Waals surface area contributed by atoms with Gasteiger partial charge in [-0.25, -0.2) is 9.79 Å². The normalized spacial score (nSPS) is 16.2. The Labute approximate surface area is 141 Å². The Hall–Kier alpha value is -2.80. The van der Waals surface area contributed by atoms with E-state index in [1.807, 2.05) is 49.4 Å². The summed E-state index contributed by atoms with van der Waals surface area (Å²) < 4.78 is 5.09. The van der Waals surface area contributed by atoms with Crippen molar-refractivity contribution in [3.05, 3.63) is 64.1 Å². The van der Waals surface area contributed by atoms with Gasteiger partial charge in [0.2, 0.25) is 0 Å². The largest absolute Gasteiger partial charge is 0.417 e. The molecule has 0 spiro atoms. The summed E-state index contributed by atoms with van der Waals surface area (Å²) in [6.07, 6.45) is 0. The molecule has 2 N–H and O–H groups in total. The van der Waals surface area contributed by atoms with Crippen molar-refractivity contribution >= 4 is 39.4 Å². The van der Waals surface area contributed by atoms with Crippen molar-refractivity contribution in [3.63, 3.8) is 0 Å². The van der Waals surface area contributed by atoms with Crippen LogP contribution in [0.15, 0.2) is 61.8 Å². The molecule has 3 aromatic rings. The van der Waals surface area contributed by atoms with Crippen molar-refractivity contribution in [2.24, 2.45) is 10.1 Å². The molecule has 2 heterocycles. The number of nitrogens with zero attached hydrogens (tertiary/aromatic N) is 2. The van der Waals surface area contributed by atoms with Gasteiger partial charge >= 0.3 is 5.76 Å². The second-order valence-corrected chi connectivity index (χ2v) is 6.40. The molecular weight excluding hydrogens is 324 g/mol. The highest BCUT2D eigenvalue weighted by atomic mass is 32.2. The number of benzene rings is 2. The quantitative estimate of drug-likeness (QED) is 0.752. The van der Waals surface area contributed by atoms with Gasteiger partial charge in [0.15, 0.2) is 10.8 Å². The number of oxazole rings is 1. The van der Waals surface area contributed by atoms with E-state index in [2.05, 4.69) is 20.5 Å². The standard InChI is InChI=1S/C17H14N4O2S/c1-10-2-5-12(6-3-10)18-16-21-20-14(9-24-16)11-4-7-13-15(8-11)23-17(22)19-13/h2-8H,9H2,1H3,(H,18,21)(H,19,22). The maximum Gasteiger partial charge on any atom is 0.417 e. The van der Waals surface area contributed by atoms with E-state index in [1.54, 1.807) is 11.8 Å². The lowest BCUT2D eigenvalue weighted by atomic mass is 10.1. The summed E-state index contributed by atoms with van der Waals surface area (Å²) >= 11 is 1.58. The summed E-state index contributed by atoms with van der Waals surface area (Å²) in [6, 6.07) is 13.6. The second kappa shape index (κ2) is 6.01. The molecular formula is C17H14N4O2S. The van der Waals surface area contributed by atoms with Gasteiger partial charge in [0.05, 0.1) is 16.9 Å². The van der Waals surface area contributed by atoms with Gasteiger partial charge in [-0.15, -0.1) is 0 Å². The van der Waals surface area contributed by atoms with Gasteiger partial charge in [0, 0.05) is 11.3 Å². The van der Waals surface area contributed by atoms with Gasteiger partial charge < -0.3 is 4.42 Å². The SMILES string of the molecule is Cc1ccc(N=C2NN=C(c3ccc4[nH]c(=O)oc4c3)CS2)cc1. The molecule has 0 bridgehead atoms. The van der Waals surface area contributed by atoms with Crippen LogP contribution in [0.3, 0.4) is 0 Å². The minimum Gasteiger partial charge on any atom is -0.408 e. The molecule has 1 aliphatic rings. The number of hydrogen-bond donors (Lipinski definition) is 2. The number of thioether (sulfide) groups is 1. The highest BCUT2D eigenvalue weighted by Gasteiger charge is 2.14. The Morgan fingerprint density at radius 2 is 2.04 bits per heavy atom. The molecule has 0 saturated carbocycles. The van der Waals surface area contributed by atoms with E-state index < -0.39 is 5.76 Å². The number of aromatic amines is 1. The van der Waals surface area contributed by atoms with Crippen molar-refractivity contribution in [1.82, 2.24) is 10.4 Å². The number of hydrogen-bond acceptors (Lipinski definition) is 5. The molecule has 1 aromatic heterocycles. The average molecular weight is 338 g/mol. The van der Waals surface area contributed by atoms with Crippen molar-refractivity contribution in [2.45, 2.75) is 6.92 Å². The summed E-state index contributed by atoms with van der Waals surface area (Å²) in [5, 5.41) is 5.15. The van der Waals surface area contributed by atoms with Crippen LogP contribution < -0.4 is 11.2 Å². The van der Waals surface area contributed by atoms with E-state index in [0.717, 1.165) is 22.1 Å². The second-order valence-electron chi connectivity index (χ2n) is 5.44. The number of amidine groups is 1. The molecule has 0 radical (unpaired) electrons. The minimum atomic E-state index is -0.451. The molecule has 0 aliphatic carbocycles. The molecule has 120 valence electrons. The first-order valence-electron chi connectivity index (χ1n) is 7.41. The predicted molar refractivity (Wildman–Crippen MR) is 97.2 cm³/mol. The third-order valence-electron chi connectivity index (χ3n) is 3.65. The summed E-state index contributed by atoms with van der Waals surface area (Å²) in [5.41, 5.74) is 8.10. The van der Waals surface area contributed by atoms with Crippen molar-refractivity contribution < 1.29 is 4.42 Å². The van der Waals surface area contributed by atoms with Gasteiger partial charge in [-0.05, 0) is 31.2 Å². The van der Waals surface area contributed by atoms with Crippen LogP contribution in [0, 0.1) is 6.92 Å². The molecule has 6 nitrogen and oxygen atoms in total. The van der Waals surface area contributed by atoms with E-state index in [0.29, 0.717) is 16.9 Å². The lowest BCUT2D eigenvalue weighted by molar-refractivity contribution is 0.555. The first-order valence-corrected chi connectivity index (χ1v) is 8.40. The van der Waals surface area contributed by atoms with Gasteiger partial charge in [0.1, 0.15) is 0 Å². The fourth-order valence-electron chi connectivity index (χ4n) is 2.38. The molecule has 0 amide bonds. The Bertz CT molecular complexity index is 1010. The number of aliphatic imine (C=N–C) groups is 1. The topological polar surface area (TPSA) is 82.8 Å². The van der Waals surface area contributed by atoms with Gasteiger partial charge in [-0.2, -0.15) is 5.10 Å². The van der Waals surface area contributed by atoms with Crippen LogP contribution in [0.2, 0.25) is 0 Å². The number of aromatic nitrogens is 1. The fourth-order valence-corrected chi connectivity index (χ4v) is 3.17. The summed E-state index contributed by atoms with van der Waals surface area (Å²) in [6.45, 7) is 2.05. The first-order chi connectivity index (χ1) is 11.7. The van der Waals surface area contributed by atoms with Gasteiger partial charge in [0.25, 0.3) is 0 Å². The van der Waals surface area contributed by atoms with Crippen LogP contribution in [-0.2, 0) is 0 Å². The highest BCUT2D eigenvalue weighted by Crippen LogP contribution is 2.20. The lowest BCUT2D eigenvalue weighted by Gasteiger charge is -2.14. The Kier molecular flexibility index (Phi) is 3.70. The van der Waals surface area contributed by atoms with Crippen molar-refractivity contribution in [3.8, 4) is 0 Å². The predicted octanol–water partition coefficient (Wildman–Crippen LogP) is 3.16. The van der Waals surface area contributed by atoms with Crippen molar-refractivity contribution in [2.75, 3.05) is 5.75 Å². The van der Waals surface area contributed by atoms with Crippen molar-refractivity contribution in [1.29, 1.82) is 0 Å². The van der Waals surface area contributed by atoms with E-state index in [9.17, 15) is 4.79 Å². The first kappa shape index (κ1) is 14.8. The third kappa shape index (κ3) is 2.98. The molecule has 7 heteroatoms. The fraction of sp³-hybridized carbons (Fsp3) is 0.118. The number of nitrogens with one attached hydrogen (secondary N) is 2. The molecule has 0 unspecified atom stereocenters. The van der Waals surface area contributed by atoms with E-state index in [1.165, 1.54) is 5.56 Å². The third-order valence-corrected chi connectivity index (χ3v) is 4.52. The smallest absolute Gasteiger partial charge is 0.408 e. The molecule has 4 rings (SSSR count). The van der Waals surface area contributed by atoms with Crippen LogP contribution in [0.25, 0.3) is 11.1 Å². The zero-order valence-electron chi connectivity index (χ0n) is 12.9. The van der Waals surface area contributed by atoms with Crippen LogP contribution in [0.4, 0.5) is 5.69 Å². The Morgan fingerprint density at radius 1 is 1.21 bits per heavy atom. The molecule has 0 saturated heterocycles. The van der Waals surface area contributed by atoms with Crippen LogP contribution in [0.5, 0.6) is 0 Å². The molecule has 24 heavy (non-hydrogen) atoms. The maximum absolute atomic E-state index is 11.2. The monoisotopic (exact) mass is 338 g/mol. The number of aryl methyl sites for hydroxylation is 1. The highest BCUT2D eigenvalue weighted by molar-refractivity contribution is 8.14. The van der Waals surface area contributed by atoms with Crippen LogP contribution in [-0.4, -0.2) is 21.6 Å². The lowest BCUT2D eigenvalue weighted by Crippen LogP contribution is -2.25. The number of hydrazone groups is 1. The number of rotatable bonds is 2. The Morgan fingerprint density at radius 3 is 2.79 bits per heavy atom. The average Bonchev–Trinajstić information content (AvgIpc) is 2.97. The number of fused-ring (bicyclic) bond motifs is 1. The van der Waals surface area contributed by atoms with E-state index in [-0.39, 0.29) is 0 Å². The summed E-state index contributed by atoms with van der Waals surface area (Å²) in [7, 11) is 0. The summed E-state index contributed by atoms with van der Waals surface area (Å²) in [5.74, 6) is 0.241. The van der Waals surface area contributed by atoms with Crippen LogP contribution >= 0.6 is 11.8 Å². The molecule has 1 aliphatic heterocycles. The Balaban J connectivity index is 1.56. The van der Waals surface area contributed by atoms with E-state index in [4.69, 9.17) is 4.42 Å². The van der Waals surface area contributed by atoms with E-state index >= 15 is 0 Å². The number of H-pyrrole nitrogens is 1. The van der Waals surface area contributed by atoms with Gasteiger partial charge in [-0.1, -0.05) is 35.5 Å². The van der Waals surface area contributed by atoms with Crippen LogP contribution in [0.1, 0.15) is 11.1 Å². The maximum atomic E-state index is 11.2. The molecule has 0 atom stereocenters. The summed E-state index contributed by atoms with van der Waals surface area (Å²) in [4.78, 5) is 18.4. The van der Waals surface area contributed by atoms with Gasteiger partial charge in [-0.3, -0.25) is 10.4 Å².